The van der Waals surface area contributed by atoms with Crippen LogP contribution in [0.25, 0.3) is 0 Å². The Bertz CT molecular complexity index is 501. The summed E-state index contributed by atoms with van der Waals surface area (Å²) in [4.78, 5) is 15.8. The van der Waals surface area contributed by atoms with Crippen LogP contribution in [-0.2, 0) is 11.3 Å². The average molecular weight is 278 g/mol. The lowest BCUT2D eigenvalue weighted by Gasteiger charge is -2.20. The Balaban J connectivity index is 2.19. The molecule has 1 atom stereocenters. The maximum Gasteiger partial charge on any atom is 0.297 e. The average Bonchev–Trinajstić information content (AvgIpc) is 2.78. The molecule has 1 heterocycles. The molecule has 1 aromatic rings. The number of amides is 1. The minimum atomic E-state index is -2.99. The molecule has 1 unspecified atom stereocenters. The second-order valence-corrected chi connectivity index (χ2v) is 4.12. The Morgan fingerprint density at radius 3 is 2.79 bits per heavy atom. The Hall–Kier alpha value is -1.86. The molecule has 1 aliphatic carbocycles. The number of rotatable bonds is 5. The number of carbonyl (C=O) groups is 1. The smallest absolute Gasteiger partial charge is 0.297 e. The molecule has 4 nitrogen and oxygen atoms in total. The monoisotopic (exact) mass is 278 g/mol. The van der Waals surface area contributed by atoms with E-state index in [-0.39, 0.29) is 5.69 Å². The standard InChI is InChI=1S/C11H10F4N2O2/c1-2-8(18)17(7-3-11(7,14)15)4-6-9(10(12)13)19-5-16-6/h2,5,7,10H,1,3-4H2. The summed E-state index contributed by atoms with van der Waals surface area (Å²) in [5, 5.41) is 0. The predicted octanol–water partition coefficient (Wildman–Crippen LogP) is 2.53. The van der Waals surface area contributed by atoms with Crippen LogP contribution in [0.4, 0.5) is 17.6 Å². The summed E-state index contributed by atoms with van der Waals surface area (Å²) in [7, 11) is 0. The first-order valence-electron chi connectivity index (χ1n) is 5.38. The first-order valence-corrected chi connectivity index (χ1v) is 5.38. The van der Waals surface area contributed by atoms with Crippen LogP contribution in [0.2, 0.25) is 0 Å². The molecule has 104 valence electrons. The molecule has 1 aromatic heterocycles. The van der Waals surface area contributed by atoms with E-state index in [0.717, 1.165) is 17.4 Å². The summed E-state index contributed by atoms with van der Waals surface area (Å²) >= 11 is 0. The van der Waals surface area contributed by atoms with Gasteiger partial charge in [-0.1, -0.05) is 6.58 Å². The van der Waals surface area contributed by atoms with Gasteiger partial charge in [-0.25, -0.2) is 22.5 Å². The van der Waals surface area contributed by atoms with Gasteiger partial charge in [0.15, 0.2) is 12.2 Å². The normalized spacial score (nSPS) is 20.4. The van der Waals surface area contributed by atoms with Crippen LogP contribution in [0.3, 0.4) is 0 Å². The van der Waals surface area contributed by atoms with Crippen molar-refractivity contribution in [1.82, 2.24) is 9.88 Å². The fourth-order valence-electron chi connectivity index (χ4n) is 1.73. The maximum absolute atomic E-state index is 13.0. The molecular formula is C11H10F4N2O2. The Morgan fingerprint density at radius 1 is 1.68 bits per heavy atom. The highest BCUT2D eigenvalue weighted by atomic mass is 19.3. The molecule has 0 spiro atoms. The summed E-state index contributed by atoms with van der Waals surface area (Å²) in [5.74, 6) is -4.47. The number of oxazole rings is 1. The Kier molecular flexibility index (Phi) is 3.34. The van der Waals surface area contributed by atoms with Crippen molar-refractivity contribution in [3.05, 3.63) is 30.5 Å². The zero-order chi connectivity index (χ0) is 14.2. The molecule has 19 heavy (non-hydrogen) atoms. The summed E-state index contributed by atoms with van der Waals surface area (Å²) in [6, 6.07) is -1.31. The van der Waals surface area contributed by atoms with Crippen molar-refractivity contribution in [2.45, 2.75) is 31.4 Å². The first-order chi connectivity index (χ1) is 8.86. The number of hydrogen-bond acceptors (Lipinski definition) is 3. The van der Waals surface area contributed by atoms with Crippen molar-refractivity contribution in [3.8, 4) is 0 Å². The van der Waals surface area contributed by atoms with Crippen molar-refractivity contribution in [1.29, 1.82) is 0 Å². The molecule has 1 amide bonds. The van der Waals surface area contributed by atoms with Gasteiger partial charge in [0.25, 0.3) is 12.3 Å². The largest absolute Gasteiger partial charge is 0.442 e. The molecule has 0 saturated heterocycles. The number of alkyl halides is 4. The van der Waals surface area contributed by atoms with E-state index in [1.54, 1.807) is 0 Å². The molecular weight excluding hydrogens is 268 g/mol. The zero-order valence-electron chi connectivity index (χ0n) is 9.65. The van der Waals surface area contributed by atoms with Crippen molar-refractivity contribution >= 4 is 5.91 Å². The quantitative estimate of drug-likeness (QED) is 0.614. The summed E-state index contributed by atoms with van der Waals surface area (Å²) < 4.78 is 55.6. The van der Waals surface area contributed by atoms with Gasteiger partial charge in [0.1, 0.15) is 11.7 Å². The number of carbonyl (C=O) groups excluding carboxylic acids is 1. The number of nitrogens with zero attached hydrogens (tertiary/aromatic N) is 2. The highest BCUT2D eigenvalue weighted by molar-refractivity contribution is 5.87. The van der Waals surface area contributed by atoms with Crippen LogP contribution in [0.15, 0.2) is 23.5 Å². The van der Waals surface area contributed by atoms with Crippen LogP contribution in [0, 0.1) is 0 Å². The summed E-state index contributed by atoms with van der Waals surface area (Å²) in [6.45, 7) is 2.74. The van der Waals surface area contributed by atoms with Gasteiger partial charge in [0, 0.05) is 6.42 Å². The third-order valence-electron chi connectivity index (χ3n) is 2.82. The first kappa shape index (κ1) is 13.6. The topological polar surface area (TPSA) is 46.3 Å². The van der Waals surface area contributed by atoms with Crippen molar-refractivity contribution in [3.63, 3.8) is 0 Å². The van der Waals surface area contributed by atoms with E-state index in [4.69, 9.17) is 0 Å². The summed E-state index contributed by atoms with van der Waals surface area (Å²) in [5.41, 5.74) is -0.229. The highest BCUT2D eigenvalue weighted by Gasteiger charge is 2.61. The molecule has 1 fully saturated rings. The van der Waals surface area contributed by atoms with E-state index in [0.29, 0.717) is 0 Å². The van der Waals surface area contributed by atoms with Gasteiger partial charge in [0.2, 0.25) is 5.91 Å². The number of hydrogen-bond donors (Lipinski definition) is 0. The van der Waals surface area contributed by atoms with E-state index < -0.39 is 43.0 Å². The molecule has 1 aliphatic rings. The van der Waals surface area contributed by atoms with Crippen LogP contribution >= 0.6 is 0 Å². The van der Waals surface area contributed by atoms with Gasteiger partial charge in [-0.2, -0.15) is 0 Å². The molecule has 8 heteroatoms. The van der Waals surface area contributed by atoms with Gasteiger partial charge < -0.3 is 9.32 Å². The van der Waals surface area contributed by atoms with Crippen LogP contribution in [0.1, 0.15) is 24.3 Å². The van der Waals surface area contributed by atoms with E-state index in [9.17, 15) is 22.4 Å². The highest BCUT2D eigenvalue weighted by Crippen LogP contribution is 2.46. The zero-order valence-corrected chi connectivity index (χ0v) is 9.65. The third-order valence-corrected chi connectivity index (χ3v) is 2.82. The molecule has 2 rings (SSSR count). The van der Waals surface area contributed by atoms with Gasteiger partial charge >= 0.3 is 0 Å². The van der Waals surface area contributed by atoms with E-state index in [1.807, 2.05) is 0 Å². The SMILES string of the molecule is C=CC(=O)N(Cc1ncoc1C(F)F)C1CC1(F)F. The van der Waals surface area contributed by atoms with Crippen LogP contribution < -0.4 is 0 Å². The summed E-state index contributed by atoms with van der Waals surface area (Å²) in [6.07, 6.45) is -1.76. The fourth-order valence-corrected chi connectivity index (χ4v) is 1.73. The Morgan fingerprint density at radius 2 is 2.32 bits per heavy atom. The second kappa shape index (κ2) is 4.67. The van der Waals surface area contributed by atoms with Crippen molar-refractivity contribution in [2.24, 2.45) is 0 Å². The lowest BCUT2D eigenvalue weighted by Crippen LogP contribution is -2.34. The van der Waals surface area contributed by atoms with E-state index in [2.05, 4.69) is 16.0 Å². The predicted molar refractivity (Wildman–Crippen MR) is 55.6 cm³/mol. The molecule has 1 saturated carbocycles. The fraction of sp³-hybridized carbons (Fsp3) is 0.455. The van der Waals surface area contributed by atoms with Crippen molar-refractivity contribution in [2.75, 3.05) is 0 Å². The third kappa shape index (κ3) is 2.61. The minimum Gasteiger partial charge on any atom is -0.442 e. The lowest BCUT2D eigenvalue weighted by molar-refractivity contribution is -0.128. The minimum absolute atomic E-state index is 0.229. The Labute approximate surface area is 105 Å². The van der Waals surface area contributed by atoms with E-state index in [1.165, 1.54) is 0 Å². The van der Waals surface area contributed by atoms with Gasteiger partial charge in [0.05, 0.1) is 6.54 Å². The molecule has 0 aromatic carbocycles. The molecule has 0 bridgehead atoms. The van der Waals surface area contributed by atoms with Gasteiger partial charge in [-0.05, 0) is 6.08 Å². The van der Waals surface area contributed by atoms with Crippen LogP contribution in [0.5, 0.6) is 0 Å². The molecule has 0 aliphatic heterocycles. The molecule has 0 N–H and O–H groups in total. The number of aromatic nitrogens is 1. The maximum atomic E-state index is 13.0. The molecule has 0 radical (unpaired) electrons. The van der Waals surface area contributed by atoms with Crippen molar-refractivity contribution < 1.29 is 26.8 Å². The number of halogens is 4. The lowest BCUT2D eigenvalue weighted by atomic mass is 10.3. The van der Waals surface area contributed by atoms with E-state index >= 15 is 0 Å². The van der Waals surface area contributed by atoms with Gasteiger partial charge in [-0.15, -0.1) is 0 Å². The second-order valence-electron chi connectivity index (χ2n) is 4.12. The van der Waals surface area contributed by atoms with Crippen LogP contribution in [-0.4, -0.2) is 27.8 Å². The van der Waals surface area contributed by atoms with Gasteiger partial charge in [-0.3, -0.25) is 4.79 Å².